The Morgan fingerprint density at radius 2 is 2.57 bits per heavy atom. The number of nitrogens with zero attached hydrogens (tertiary/aromatic N) is 2. The van der Waals surface area contributed by atoms with Gasteiger partial charge in [0.15, 0.2) is 0 Å². The minimum Gasteiger partial charge on any atom is -0.467 e. The summed E-state index contributed by atoms with van der Waals surface area (Å²) in [6, 6.07) is 3.79. The summed E-state index contributed by atoms with van der Waals surface area (Å²) >= 11 is 2.90. The van der Waals surface area contributed by atoms with Crippen molar-refractivity contribution in [2.24, 2.45) is 0 Å². The number of rotatable bonds is 4. The second-order valence-electron chi connectivity index (χ2n) is 2.52. The van der Waals surface area contributed by atoms with E-state index in [-0.39, 0.29) is 0 Å². The van der Waals surface area contributed by atoms with E-state index in [0.29, 0.717) is 6.54 Å². The number of nitrogens with one attached hydrogen (secondary N) is 1. The van der Waals surface area contributed by atoms with Gasteiger partial charge in [-0.2, -0.15) is 9.36 Å². The summed E-state index contributed by atoms with van der Waals surface area (Å²) < 4.78 is 9.31. The second kappa shape index (κ2) is 4.47. The Kier molecular flexibility index (Phi) is 3.05. The number of thioether (sulfide) groups is 1. The summed E-state index contributed by atoms with van der Waals surface area (Å²) in [5.41, 5.74) is 0. The monoisotopic (exact) mass is 227 g/mol. The fourth-order valence-electron chi connectivity index (χ4n) is 0.941. The number of anilines is 1. The largest absolute Gasteiger partial charge is 0.467 e. The molecule has 0 amide bonds. The summed E-state index contributed by atoms with van der Waals surface area (Å²) in [7, 11) is 0. The Bertz CT molecular complexity index is 385. The fourth-order valence-corrected chi connectivity index (χ4v) is 2.06. The SMILES string of the molecule is CSc1nsc(NCc2ccco2)n1. The first kappa shape index (κ1) is 9.54. The molecule has 0 radical (unpaired) electrons. The molecular weight excluding hydrogens is 218 g/mol. The Morgan fingerprint density at radius 3 is 3.21 bits per heavy atom. The van der Waals surface area contributed by atoms with E-state index in [1.165, 1.54) is 23.3 Å². The van der Waals surface area contributed by atoms with E-state index in [1.807, 2.05) is 18.4 Å². The van der Waals surface area contributed by atoms with Gasteiger partial charge in [-0.1, -0.05) is 11.8 Å². The Morgan fingerprint density at radius 1 is 1.64 bits per heavy atom. The minimum atomic E-state index is 0.649. The van der Waals surface area contributed by atoms with Gasteiger partial charge in [-0.3, -0.25) is 0 Å². The molecule has 6 heteroatoms. The van der Waals surface area contributed by atoms with Gasteiger partial charge in [0, 0.05) is 11.5 Å². The van der Waals surface area contributed by atoms with E-state index < -0.39 is 0 Å². The van der Waals surface area contributed by atoms with Crippen molar-refractivity contribution < 1.29 is 4.42 Å². The van der Waals surface area contributed by atoms with Crippen LogP contribution < -0.4 is 5.32 Å². The first-order valence-electron chi connectivity index (χ1n) is 4.02. The molecule has 0 aliphatic rings. The van der Waals surface area contributed by atoms with Crippen molar-refractivity contribution in [2.45, 2.75) is 11.7 Å². The average molecular weight is 227 g/mol. The summed E-state index contributed by atoms with van der Waals surface area (Å²) in [4.78, 5) is 4.25. The van der Waals surface area contributed by atoms with Crippen LogP contribution in [0.1, 0.15) is 5.76 Å². The zero-order chi connectivity index (χ0) is 9.80. The highest BCUT2D eigenvalue weighted by Crippen LogP contribution is 2.18. The summed E-state index contributed by atoms with van der Waals surface area (Å²) in [5.74, 6) is 0.894. The van der Waals surface area contributed by atoms with Crippen LogP contribution in [0.5, 0.6) is 0 Å². The molecule has 0 saturated carbocycles. The Hall–Kier alpha value is -1.01. The quantitative estimate of drug-likeness (QED) is 0.813. The molecule has 0 fully saturated rings. The van der Waals surface area contributed by atoms with Crippen LogP contribution in [0.15, 0.2) is 28.0 Å². The topological polar surface area (TPSA) is 51.0 Å². The molecule has 0 aliphatic carbocycles. The lowest BCUT2D eigenvalue weighted by atomic mass is 10.4. The zero-order valence-corrected chi connectivity index (χ0v) is 9.19. The normalized spacial score (nSPS) is 10.4. The van der Waals surface area contributed by atoms with Crippen LogP contribution in [0, 0.1) is 0 Å². The van der Waals surface area contributed by atoms with E-state index in [9.17, 15) is 0 Å². The average Bonchev–Trinajstić information content (AvgIpc) is 2.86. The van der Waals surface area contributed by atoms with Crippen LogP contribution in [0.4, 0.5) is 5.13 Å². The van der Waals surface area contributed by atoms with Gasteiger partial charge in [0.05, 0.1) is 12.8 Å². The summed E-state index contributed by atoms with van der Waals surface area (Å²) in [6.45, 7) is 0.649. The van der Waals surface area contributed by atoms with Crippen molar-refractivity contribution in [3.05, 3.63) is 24.2 Å². The Balaban J connectivity index is 1.92. The Labute approximate surface area is 89.9 Å². The number of furan rings is 1. The molecule has 0 unspecified atom stereocenters. The molecule has 0 aromatic carbocycles. The molecule has 2 aromatic rings. The van der Waals surface area contributed by atoms with Crippen molar-refractivity contribution in [3.8, 4) is 0 Å². The van der Waals surface area contributed by atoms with Gasteiger partial charge in [0.1, 0.15) is 5.76 Å². The van der Waals surface area contributed by atoms with Gasteiger partial charge < -0.3 is 9.73 Å². The van der Waals surface area contributed by atoms with Crippen LogP contribution in [0.3, 0.4) is 0 Å². The van der Waals surface area contributed by atoms with Crippen molar-refractivity contribution >= 4 is 28.4 Å². The molecule has 1 N–H and O–H groups in total. The lowest BCUT2D eigenvalue weighted by Gasteiger charge is -1.96. The number of hydrogen-bond acceptors (Lipinski definition) is 6. The zero-order valence-electron chi connectivity index (χ0n) is 7.56. The lowest BCUT2D eigenvalue weighted by molar-refractivity contribution is 0.518. The molecule has 4 nitrogen and oxygen atoms in total. The number of aromatic nitrogens is 2. The maximum Gasteiger partial charge on any atom is 0.203 e. The highest BCUT2D eigenvalue weighted by molar-refractivity contribution is 7.98. The fraction of sp³-hybridized carbons (Fsp3) is 0.250. The van der Waals surface area contributed by atoms with Crippen molar-refractivity contribution in [1.29, 1.82) is 0 Å². The predicted octanol–water partition coefficient (Wildman–Crippen LogP) is 2.47. The molecule has 0 aliphatic heterocycles. The van der Waals surface area contributed by atoms with E-state index >= 15 is 0 Å². The minimum absolute atomic E-state index is 0.649. The first-order chi connectivity index (χ1) is 6.88. The summed E-state index contributed by atoms with van der Waals surface area (Å²) in [6.07, 6.45) is 3.61. The second-order valence-corrected chi connectivity index (χ2v) is 4.04. The van der Waals surface area contributed by atoms with E-state index in [0.717, 1.165) is 16.0 Å². The van der Waals surface area contributed by atoms with Gasteiger partial charge in [-0.25, -0.2) is 0 Å². The third-order valence-corrected chi connectivity index (χ3v) is 2.92. The third kappa shape index (κ3) is 2.27. The van der Waals surface area contributed by atoms with Crippen molar-refractivity contribution in [3.63, 3.8) is 0 Å². The molecule has 0 bridgehead atoms. The molecular formula is C8H9N3OS2. The van der Waals surface area contributed by atoms with Gasteiger partial charge >= 0.3 is 0 Å². The molecule has 14 heavy (non-hydrogen) atoms. The molecule has 0 spiro atoms. The molecule has 0 saturated heterocycles. The van der Waals surface area contributed by atoms with E-state index in [1.54, 1.807) is 6.26 Å². The molecule has 2 aromatic heterocycles. The summed E-state index contributed by atoms with van der Waals surface area (Å²) in [5, 5.41) is 4.77. The van der Waals surface area contributed by atoms with Gasteiger partial charge in [-0.15, -0.1) is 0 Å². The van der Waals surface area contributed by atoms with Crippen LogP contribution in [-0.4, -0.2) is 15.6 Å². The van der Waals surface area contributed by atoms with Gasteiger partial charge in [0.2, 0.25) is 10.3 Å². The van der Waals surface area contributed by atoms with E-state index in [4.69, 9.17) is 4.42 Å². The molecule has 74 valence electrons. The highest BCUT2D eigenvalue weighted by atomic mass is 32.2. The number of hydrogen-bond donors (Lipinski definition) is 1. The molecule has 0 atom stereocenters. The van der Waals surface area contributed by atoms with Gasteiger partial charge in [0.25, 0.3) is 0 Å². The standard InChI is InChI=1S/C8H9N3OS2/c1-13-8-10-7(14-11-8)9-5-6-3-2-4-12-6/h2-4H,5H2,1H3,(H,9,10,11). The van der Waals surface area contributed by atoms with Crippen LogP contribution in [-0.2, 0) is 6.54 Å². The highest BCUT2D eigenvalue weighted by Gasteiger charge is 2.02. The smallest absolute Gasteiger partial charge is 0.203 e. The van der Waals surface area contributed by atoms with Crippen molar-refractivity contribution in [1.82, 2.24) is 9.36 Å². The lowest BCUT2D eigenvalue weighted by Crippen LogP contribution is -1.96. The van der Waals surface area contributed by atoms with Crippen LogP contribution in [0.25, 0.3) is 0 Å². The third-order valence-electron chi connectivity index (χ3n) is 1.58. The molecule has 2 heterocycles. The van der Waals surface area contributed by atoms with E-state index in [2.05, 4.69) is 14.7 Å². The van der Waals surface area contributed by atoms with Gasteiger partial charge in [-0.05, 0) is 18.4 Å². The maximum absolute atomic E-state index is 5.18. The first-order valence-corrected chi connectivity index (χ1v) is 6.02. The predicted molar refractivity (Wildman–Crippen MR) is 57.7 cm³/mol. The van der Waals surface area contributed by atoms with Crippen LogP contribution >= 0.6 is 23.3 Å². The molecule has 2 rings (SSSR count). The van der Waals surface area contributed by atoms with Crippen molar-refractivity contribution in [2.75, 3.05) is 11.6 Å². The van der Waals surface area contributed by atoms with Crippen LogP contribution in [0.2, 0.25) is 0 Å². The maximum atomic E-state index is 5.18.